The lowest BCUT2D eigenvalue weighted by Crippen LogP contribution is -2.43. The molecule has 1 N–H and O–H groups in total. The fourth-order valence-electron chi connectivity index (χ4n) is 3.12. The van der Waals surface area contributed by atoms with Gasteiger partial charge in [-0.25, -0.2) is 0 Å². The van der Waals surface area contributed by atoms with Crippen molar-refractivity contribution >= 4 is 17.5 Å². The Morgan fingerprint density at radius 3 is 2.58 bits per heavy atom. The number of likely N-dealkylation sites (tertiary alicyclic amines) is 1. The van der Waals surface area contributed by atoms with E-state index in [9.17, 15) is 9.59 Å². The van der Waals surface area contributed by atoms with Gasteiger partial charge in [0.2, 0.25) is 5.91 Å². The molecule has 3 rings (SSSR count). The van der Waals surface area contributed by atoms with Gasteiger partial charge in [0.25, 0.3) is 5.91 Å². The largest absolute Gasteiger partial charge is 0.327 e. The van der Waals surface area contributed by atoms with Gasteiger partial charge in [-0.1, -0.05) is 30.3 Å². The highest BCUT2D eigenvalue weighted by Gasteiger charge is 2.34. The normalized spacial score (nSPS) is 16.9. The van der Waals surface area contributed by atoms with Crippen LogP contribution in [0.1, 0.15) is 34.3 Å². The zero-order valence-electron chi connectivity index (χ0n) is 14.1. The van der Waals surface area contributed by atoms with Crippen molar-refractivity contribution < 1.29 is 9.59 Å². The third kappa shape index (κ3) is 3.32. The standard InChI is InChI=1S/C20H22N2O2/c1-14-10-11-15(2)17(13-14)21-19(23)18-9-6-12-22(18)20(24)16-7-4-3-5-8-16/h3-5,7-8,10-11,13,18H,6,9,12H2,1-2H3,(H,21,23)/t18-/m1/s1. The molecule has 2 aromatic rings. The Morgan fingerprint density at radius 2 is 1.83 bits per heavy atom. The van der Waals surface area contributed by atoms with Crippen molar-refractivity contribution in [2.45, 2.75) is 32.7 Å². The lowest BCUT2D eigenvalue weighted by atomic mass is 10.1. The van der Waals surface area contributed by atoms with Crippen LogP contribution in [0.5, 0.6) is 0 Å². The highest BCUT2D eigenvalue weighted by Crippen LogP contribution is 2.23. The molecule has 0 unspecified atom stereocenters. The second kappa shape index (κ2) is 6.87. The summed E-state index contributed by atoms with van der Waals surface area (Å²) in [6, 6.07) is 14.7. The Kier molecular flexibility index (Phi) is 4.65. The fraction of sp³-hybridized carbons (Fsp3) is 0.300. The average molecular weight is 322 g/mol. The van der Waals surface area contributed by atoms with Crippen molar-refractivity contribution in [3.63, 3.8) is 0 Å². The number of nitrogens with one attached hydrogen (secondary N) is 1. The van der Waals surface area contributed by atoms with Crippen molar-refractivity contribution in [2.24, 2.45) is 0 Å². The predicted octanol–water partition coefficient (Wildman–Crippen LogP) is 3.55. The molecular weight excluding hydrogens is 300 g/mol. The molecule has 1 aliphatic rings. The summed E-state index contributed by atoms with van der Waals surface area (Å²) in [5.41, 5.74) is 3.57. The molecule has 1 heterocycles. The van der Waals surface area contributed by atoms with Crippen LogP contribution < -0.4 is 5.32 Å². The predicted molar refractivity (Wildman–Crippen MR) is 95.0 cm³/mol. The molecule has 0 spiro atoms. The molecule has 2 aromatic carbocycles. The van der Waals surface area contributed by atoms with Crippen LogP contribution in [0, 0.1) is 13.8 Å². The van der Waals surface area contributed by atoms with Crippen LogP contribution in [0.25, 0.3) is 0 Å². The first kappa shape index (κ1) is 16.2. The highest BCUT2D eigenvalue weighted by atomic mass is 16.2. The number of hydrogen-bond acceptors (Lipinski definition) is 2. The minimum atomic E-state index is -0.405. The number of aryl methyl sites for hydroxylation is 2. The lowest BCUT2D eigenvalue weighted by Gasteiger charge is -2.24. The second-order valence-corrected chi connectivity index (χ2v) is 6.33. The van der Waals surface area contributed by atoms with Crippen LogP contribution in [0.3, 0.4) is 0 Å². The zero-order chi connectivity index (χ0) is 17.1. The molecule has 0 bridgehead atoms. The fourth-order valence-corrected chi connectivity index (χ4v) is 3.12. The third-order valence-corrected chi connectivity index (χ3v) is 4.49. The van der Waals surface area contributed by atoms with Crippen LogP contribution in [0.2, 0.25) is 0 Å². The van der Waals surface area contributed by atoms with Gasteiger partial charge in [0.05, 0.1) is 0 Å². The molecule has 0 saturated carbocycles. The Balaban J connectivity index is 1.76. The van der Waals surface area contributed by atoms with E-state index in [1.807, 2.05) is 50.2 Å². The lowest BCUT2D eigenvalue weighted by molar-refractivity contribution is -0.119. The van der Waals surface area contributed by atoms with Gasteiger partial charge in [0, 0.05) is 17.8 Å². The summed E-state index contributed by atoms with van der Waals surface area (Å²) in [7, 11) is 0. The summed E-state index contributed by atoms with van der Waals surface area (Å²) in [6.45, 7) is 4.59. The van der Waals surface area contributed by atoms with E-state index in [1.165, 1.54) is 0 Å². The maximum atomic E-state index is 12.7. The summed E-state index contributed by atoms with van der Waals surface area (Å²) in [6.07, 6.45) is 1.55. The number of anilines is 1. The first-order valence-corrected chi connectivity index (χ1v) is 8.30. The van der Waals surface area contributed by atoms with Gasteiger partial charge in [-0.15, -0.1) is 0 Å². The molecule has 2 amide bonds. The third-order valence-electron chi connectivity index (χ3n) is 4.49. The molecule has 0 aliphatic carbocycles. The Hall–Kier alpha value is -2.62. The van der Waals surface area contributed by atoms with E-state index < -0.39 is 6.04 Å². The topological polar surface area (TPSA) is 49.4 Å². The quantitative estimate of drug-likeness (QED) is 0.939. The van der Waals surface area contributed by atoms with Crippen LogP contribution in [0.4, 0.5) is 5.69 Å². The Morgan fingerprint density at radius 1 is 1.08 bits per heavy atom. The minimum Gasteiger partial charge on any atom is -0.327 e. The molecule has 4 nitrogen and oxygen atoms in total. The van der Waals surface area contributed by atoms with E-state index >= 15 is 0 Å². The number of rotatable bonds is 3. The second-order valence-electron chi connectivity index (χ2n) is 6.33. The van der Waals surface area contributed by atoms with E-state index in [1.54, 1.807) is 17.0 Å². The maximum absolute atomic E-state index is 12.7. The molecule has 1 fully saturated rings. The summed E-state index contributed by atoms with van der Waals surface area (Å²) >= 11 is 0. The molecular formula is C20H22N2O2. The molecule has 1 saturated heterocycles. The Bertz CT molecular complexity index is 755. The van der Waals surface area contributed by atoms with E-state index in [0.717, 1.165) is 23.2 Å². The first-order chi connectivity index (χ1) is 11.6. The molecule has 0 radical (unpaired) electrons. The summed E-state index contributed by atoms with van der Waals surface area (Å²) in [5.74, 6) is -0.181. The summed E-state index contributed by atoms with van der Waals surface area (Å²) in [4.78, 5) is 27.1. The van der Waals surface area contributed by atoms with Gasteiger partial charge in [0.15, 0.2) is 0 Å². The SMILES string of the molecule is Cc1ccc(C)c(NC(=O)[C@H]2CCCN2C(=O)c2ccccc2)c1. The van der Waals surface area contributed by atoms with Crippen molar-refractivity contribution in [2.75, 3.05) is 11.9 Å². The monoisotopic (exact) mass is 322 g/mol. The van der Waals surface area contributed by atoms with Crippen LogP contribution >= 0.6 is 0 Å². The van der Waals surface area contributed by atoms with Crippen molar-refractivity contribution in [1.29, 1.82) is 0 Å². The van der Waals surface area contributed by atoms with E-state index in [2.05, 4.69) is 5.32 Å². The molecule has 124 valence electrons. The number of amides is 2. The Labute approximate surface area is 142 Å². The molecule has 24 heavy (non-hydrogen) atoms. The van der Waals surface area contributed by atoms with Gasteiger partial charge in [-0.05, 0) is 56.0 Å². The van der Waals surface area contributed by atoms with Crippen LogP contribution in [0.15, 0.2) is 48.5 Å². The minimum absolute atomic E-state index is 0.0748. The first-order valence-electron chi connectivity index (χ1n) is 8.30. The van der Waals surface area contributed by atoms with Gasteiger partial charge < -0.3 is 10.2 Å². The number of carbonyl (C=O) groups excluding carboxylic acids is 2. The van der Waals surface area contributed by atoms with Crippen LogP contribution in [-0.2, 0) is 4.79 Å². The molecule has 1 atom stereocenters. The summed E-state index contributed by atoms with van der Waals surface area (Å²) < 4.78 is 0. The number of carbonyl (C=O) groups is 2. The molecule has 4 heteroatoms. The van der Waals surface area contributed by atoms with Gasteiger partial charge in [-0.3, -0.25) is 9.59 Å². The van der Waals surface area contributed by atoms with Gasteiger partial charge in [-0.2, -0.15) is 0 Å². The zero-order valence-corrected chi connectivity index (χ0v) is 14.1. The smallest absolute Gasteiger partial charge is 0.254 e. The average Bonchev–Trinajstić information content (AvgIpc) is 3.08. The number of hydrogen-bond donors (Lipinski definition) is 1. The number of nitrogens with zero attached hydrogens (tertiary/aromatic N) is 1. The number of benzene rings is 2. The van der Waals surface area contributed by atoms with E-state index in [4.69, 9.17) is 0 Å². The molecule has 0 aromatic heterocycles. The van der Waals surface area contributed by atoms with E-state index in [-0.39, 0.29) is 11.8 Å². The summed E-state index contributed by atoms with van der Waals surface area (Å²) in [5, 5.41) is 3.00. The highest BCUT2D eigenvalue weighted by molar-refractivity contribution is 6.01. The molecule has 1 aliphatic heterocycles. The van der Waals surface area contributed by atoms with Crippen molar-refractivity contribution in [3.8, 4) is 0 Å². The van der Waals surface area contributed by atoms with Gasteiger partial charge in [0.1, 0.15) is 6.04 Å². The van der Waals surface area contributed by atoms with Crippen LogP contribution in [-0.4, -0.2) is 29.3 Å². The van der Waals surface area contributed by atoms with Gasteiger partial charge >= 0.3 is 0 Å². The van der Waals surface area contributed by atoms with E-state index in [0.29, 0.717) is 18.5 Å². The van der Waals surface area contributed by atoms with Crippen molar-refractivity contribution in [1.82, 2.24) is 4.90 Å². The maximum Gasteiger partial charge on any atom is 0.254 e. The van der Waals surface area contributed by atoms with Crippen molar-refractivity contribution in [3.05, 3.63) is 65.2 Å².